The smallest absolute Gasteiger partial charge is 0.269 e. The fourth-order valence-corrected chi connectivity index (χ4v) is 2.14. The number of benzene rings is 2. The van der Waals surface area contributed by atoms with Gasteiger partial charge in [0, 0.05) is 9.64 Å². The van der Waals surface area contributed by atoms with Gasteiger partial charge in [-0.3, -0.25) is 19.7 Å². The molecule has 0 unspecified atom stereocenters. The molecule has 0 spiro atoms. The maximum absolute atomic E-state index is 11.9. The summed E-state index contributed by atoms with van der Waals surface area (Å²) in [6, 6.07) is 13.6. The van der Waals surface area contributed by atoms with Crippen LogP contribution in [0.15, 0.2) is 48.5 Å². The number of carbonyl (C=O) groups excluding carboxylic acids is 1. The normalized spacial score (nSPS) is 10.1. The Morgan fingerprint density at radius 3 is 2.62 bits per heavy atom. The summed E-state index contributed by atoms with van der Waals surface area (Å²) in [6.45, 7) is 0.185. The lowest BCUT2D eigenvalue weighted by Crippen LogP contribution is -2.24. The maximum atomic E-state index is 11.9. The van der Waals surface area contributed by atoms with E-state index in [1.165, 1.54) is 12.1 Å². The van der Waals surface area contributed by atoms with Gasteiger partial charge in [0.25, 0.3) is 11.6 Å². The topological polar surface area (TPSA) is 81.5 Å². The third-order valence-electron chi connectivity index (χ3n) is 2.65. The van der Waals surface area contributed by atoms with Gasteiger partial charge in [-0.05, 0) is 40.3 Å². The second kappa shape index (κ2) is 7.14. The summed E-state index contributed by atoms with van der Waals surface area (Å²) in [6.07, 6.45) is 0. The second-order valence-corrected chi connectivity index (χ2v) is 5.37. The molecule has 2 rings (SSSR count). The van der Waals surface area contributed by atoms with Crippen LogP contribution in [0.25, 0.3) is 0 Å². The minimum absolute atomic E-state index is 0.0338. The van der Waals surface area contributed by atoms with E-state index in [1.54, 1.807) is 6.07 Å². The van der Waals surface area contributed by atoms with E-state index in [1.807, 2.05) is 52.9 Å². The summed E-state index contributed by atoms with van der Waals surface area (Å²) < 4.78 is 0.682. The minimum Gasteiger partial charge on any atom is -0.269 e. The summed E-state index contributed by atoms with van der Waals surface area (Å²) in [5, 5.41) is 11.0. The molecular formula is C14H11IN2O4. The molecule has 1 N–H and O–H groups in total. The van der Waals surface area contributed by atoms with E-state index < -0.39 is 10.8 Å². The van der Waals surface area contributed by atoms with E-state index in [0.717, 1.165) is 5.56 Å². The van der Waals surface area contributed by atoms with Crippen molar-refractivity contribution >= 4 is 34.2 Å². The Balaban J connectivity index is 2.02. The van der Waals surface area contributed by atoms with Crippen LogP contribution < -0.4 is 5.48 Å². The number of nitrogens with one attached hydrogen (secondary N) is 1. The fraction of sp³-hybridized carbons (Fsp3) is 0.0714. The molecule has 1 amide bonds. The Kier molecular flexibility index (Phi) is 5.23. The van der Waals surface area contributed by atoms with Crippen molar-refractivity contribution in [3.63, 3.8) is 0 Å². The van der Waals surface area contributed by atoms with Crippen LogP contribution in [0.5, 0.6) is 0 Å². The number of hydroxylamine groups is 1. The summed E-state index contributed by atoms with van der Waals surface area (Å²) in [5.74, 6) is -0.644. The van der Waals surface area contributed by atoms with Gasteiger partial charge in [0.05, 0.1) is 11.5 Å². The molecule has 2 aromatic carbocycles. The van der Waals surface area contributed by atoms with Crippen molar-refractivity contribution in [1.29, 1.82) is 0 Å². The molecule has 0 saturated heterocycles. The molecule has 0 bridgehead atoms. The third-order valence-corrected chi connectivity index (χ3v) is 3.32. The molecule has 2 aromatic rings. The molecule has 0 saturated carbocycles. The molecule has 108 valence electrons. The van der Waals surface area contributed by atoms with Crippen LogP contribution in [0.4, 0.5) is 5.69 Å². The molecule has 0 aromatic heterocycles. The Morgan fingerprint density at radius 2 is 1.95 bits per heavy atom. The number of carbonyl (C=O) groups is 1. The quantitative estimate of drug-likeness (QED) is 0.477. The molecule has 0 radical (unpaired) electrons. The highest BCUT2D eigenvalue weighted by Gasteiger charge is 2.20. The number of amides is 1. The zero-order chi connectivity index (χ0) is 15.2. The summed E-state index contributed by atoms with van der Waals surface area (Å²) >= 11 is 1.95. The zero-order valence-electron chi connectivity index (χ0n) is 10.8. The molecular weight excluding hydrogens is 387 g/mol. The third kappa shape index (κ3) is 4.23. The van der Waals surface area contributed by atoms with Crippen molar-refractivity contribution < 1.29 is 14.6 Å². The van der Waals surface area contributed by atoms with E-state index >= 15 is 0 Å². The van der Waals surface area contributed by atoms with Crippen LogP contribution in [-0.2, 0) is 11.4 Å². The lowest BCUT2D eigenvalue weighted by Gasteiger charge is -2.06. The van der Waals surface area contributed by atoms with E-state index in [9.17, 15) is 14.9 Å². The minimum atomic E-state index is -0.644. The molecule has 0 atom stereocenters. The summed E-state index contributed by atoms with van der Waals surface area (Å²) in [5.41, 5.74) is 2.82. The molecule has 7 heteroatoms. The Labute approximate surface area is 134 Å². The Morgan fingerprint density at radius 1 is 1.24 bits per heavy atom. The molecule has 21 heavy (non-hydrogen) atoms. The van der Waals surface area contributed by atoms with Gasteiger partial charge in [-0.15, -0.1) is 0 Å². The highest BCUT2D eigenvalue weighted by Crippen LogP contribution is 2.21. The van der Waals surface area contributed by atoms with Crippen molar-refractivity contribution in [3.8, 4) is 0 Å². The van der Waals surface area contributed by atoms with Gasteiger partial charge in [-0.25, -0.2) is 5.48 Å². The fourth-order valence-electron chi connectivity index (χ4n) is 1.66. The van der Waals surface area contributed by atoms with Gasteiger partial charge in [0.15, 0.2) is 0 Å². The van der Waals surface area contributed by atoms with Crippen LogP contribution >= 0.6 is 22.6 Å². The highest BCUT2D eigenvalue weighted by atomic mass is 127. The first-order chi connectivity index (χ1) is 10.1. The van der Waals surface area contributed by atoms with Crippen molar-refractivity contribution in [3.05, 3.63) is 73.3 Å². The first-order valence-electron chi connectivity index (χ1n) is 5.98. The first kappa shape index (κ1) is 15.4. The van der Waals surface area contributed by atoms with E-state index in [4.69, 9.17) is 4.84 Å². The van der Waals surface area contributed by atoms with E-state index in [-0.39, 0.29) is 17.9 Å². The van der Waals surface area contributed by atoms with Gasteiger partial charge in [0.1, 0.15) is 5.56 Å². The van der Waals surface area contributed by atoms with E-state index in [2.05, 4.69) is 5.48 Å². The summed E-state index contributed by atoms with van der Waals surface area (Å²) in [4.78, 5) is 27.4. The molecule has 0 aliphatic heterocycles. The van der Waals surface area contributed by atoms with Crippen molar-refractivity contribution in [2.75, 3.05) is 0 Å². The van der Waals surface area contributed by atoms with Crippen molar-refractivity contribution in [2.45, 2.75) is 6.61 Å². The van der Waals surface area contributed by atoms with Gasteiger partial charge >= 0.3 is 0 Å². The van der Waals surface area contributed by atoms with Crippen LogP contribution in [0, 0.1) is 13.7 Å². The molecule has 6 nitrogen and oxygen atoms in total. The number of hydrogen-bond acceptors (Lipinski definition) is 4. The Bertz CT molecular complexity index is 661. The van der Waals surface area contributed by atoms with Gasteiger partial charge in [0.2, 0.25) is 0 Å². The standard InChI is InChI=1S/C14H11IN2O4/c15-11-6-7-12(13(8-11)17(19)20)14(18)16-21-9-10-4-2-1-3-5-10/h1-8H,9H2,(H,16,18). The molecule has 0 aliphatic rings. The zero-order valence-corrected chi connectivity index (χ0v) is 12.9. The summed E-state index contributed by atoms with van der Waals surface area (Å²) in [7, 11) is 0. The predicted molar refractivity (Wildman–Crippen MR) is 84.5 cm³/mol. The maximum Gasteiger partial charge on any atom is 0.283 e. The molecule has 0 heterocycles. The average molecular weight is 398 g/mol. The number of nitrogens with zero attached hydrogens (tertiary/aromatic N) is 1. The number of nitro groups is 1. The number of halogens is 1. The van der Waals surface area contributed by atoms with Gasteiger partial charge < -0.3 is 0 Å². The van der Waals surface area contributed by atoms with Gasteiger partial charge in [-0.2, -0.15) is 0 Å². The monoisotopic (exact) mass is 398 g/mol. The molecule has 0 fully saturated rings. The SMILES string of the molecule is O=C(NOCc1ccccc1)c1ccc(I)cc1[N+](=O)[O-]. The largest absolute Gasteiger partial charge is 0.283 e. The number of nitro benzene ring substituents is 1. The first-order valence-corrected chi connectivity index (χ1v) is 7.06. The van der Waals surface area contributed by atoms with Crippen LogP contribution in [0.3, 0.4) is 0 Å². The van der Waals surface area contributed by atoms with E-state index in [0.29, 0.717) is 3.57 Å². The average Bonchev–Trinajstić information content (AvgIpc) is 2.48. The second-order valence-electron chi connectivity index (χ2n) is 4.12. The highest BCUT2D eigenvalue weighted by molar-refractivity contribution is 14.1. The van der Waals surface area contributed by atoms with Gasteiger partial charge in [-0.1, -0.05) is 30.3 Å². The number of rotatable bonds is 5. The lowest BCUT2D eigenvalue weighted by molar-refractivity contribution is -0.385. The molecule has 0 aliphatic carbocycles. The Hall–Kier alpha value is -2.00. The van der Waals surface area contributed by atoms with Crippen LogP contribution in [0.2, 0.25) is 0 Å². The number of hydrogen-bond donors (Lipinski definition) is 1. The van der Waals surface area contributed by atoms with Crippen LogP contribution in [0.1, 0.15) is 15.9 Å². The lowest BCUT2D eigenvalue weighted by atomic mass is 10.2. The van der Waals surface area contributed by atoms with Crippen molar-refractivity contribution in [2.24, 2.45) is 0 Å². The van der Waals surface area contributed by atoms with Crippen LogP contribution in [-0.4, -0.2) is 10.8 Å². The van der Waals surface area contributed by atoms with Crippen molar-refractivity contribution in [1.82, 2.24) is 5.48 Å². The predicted octanol–water partition coefficient (Wildman–Crippen LogP) is 3.06.